The summed E-state index contributed by atoms with van der Waals surface area (Å²) in [6, 6.07) is 9.49. The van der Waals surface area contributed by atoms with E-state index in [2.05, 4.69) is 0 Å². The predicted octanol–water partition coefficient (Wildman–Crippen LogP) is 4.59. The van der Waals surface area contributed by atoms with Crippen LogP contribution in [0.4, 0.5) is 17.6 Å². The van der Waals surface area contributed by atoms with Crippen LogP contribution in [0.25, 0.3) is 16.8 Å². The standard InChI is InChI=1S/C14H8F4/c15-13(16)6-5-11-7-9-3-1-2-4-10(9)8-12(11)14(13,17)18/h1-8H. The van der Waals surface area contributed by atoms with Gasteiger partial charge in [0, 0.05) is 5.56 Å². The van der Waals surface area contributed by atoms with E-state index in [1.165, 1.54) is 6.07 Å². The minimum atomic E-state index is -4.17. The maximum absolute atomic E-state index is 13.7. The van der Waals surface area contributed by atoms with Crippen molar-refractivity contribution in [3.05, 3.63) is 53.6 Å². The lowest BCUT2D eigenvalue weighted by molar-refractivity contribution is -0.187. The Bertz CT molecular complexity index is 656. The Hall–Kier alpha value is -1.84. The number of hydrogen-bond acceptors (Lipinski definition) is 0. The molecule has 92 valence electrons. The third kappa shape index (κ3) is 1.38. The number of benzene rings is 2. The topological polar surface area (TPSA) is 0 Å². The Labute approximate surface area is 101 Å². The van der Waals surface area contributed by atoms with Gasteiger partial charge < -0.3 is 0 Å². The first kappa shape index (κ1) is 11.3. The van der Waals surface area contributed by atoms with Gasteiger partial charge in [-0.1, -0.05) is 30.3 Å². The first-order valence-electron chi connectivity index (χ1n) is 5.40. The van der Waals surface area contributed by atoms with Crippen molar-refractivity contribution in [2.45, 2.75) is 11.8 Å². The quantitative estimate of drug-likeness (QED) is 0.601. The van der Waals surface area contributed by atoms with E-state index in [-0.39, 0.29) is 11.6 Å². The Balaban J connectivity index is 2.34. The van der Waals surface area contributed by atoms with Crippen molar-refractivity contribution in [1.82, 2.24) is 0 Å². The lowest BCUT2D eigenvalue weighted by Crippen LogP contribution is -2.38. The van der Waals surface area contributed by atoms with Crippen molar-refractivity contribution in [2.75, 3.05) is 0 Å². The molecular weight excluding hydrogens is 244 g/mol. The monoisotopic (exact) mass is 252 g/mol. The molecule has 0 unspecified atom stereocenters. The zero-order valence-electron chi connectivity index (χ0n) is 9.13. The van der Waals surface area contributed by atoms with Crippen LogP contribution >= 0.6 is 0 Å². The van der Waals surface area contributed by atoms with Gasteiger partial charge in [0.25, 0.3) is 0 Å². The molecular formula is C14H8F4. The van der Waals surface area contributed by atoms with Crippen molar-refractivity contribution >= 4 is 16.8 Å². The van der Waals surface area contributed by atoms with Crippen LogP contribution in [0, 0.1) is 0 Å². The average molecular weight is 252 g/mol. The molecule has 0 N–H and O–H groups in total. The molecule has 1 aliphatic carbocycles. The number of fused-ring (bicyclic) bond motifs is 2. The van der Waals surface area contributed by atoms with Gasteiger partial charge in [-0.2, -0.15) is 17.6 Å². The number of rotatable bonds is 0. The first-order chi connectivity index (χ1) is 8.42. The Morgan fingerprint density at radius 1 is 0.833 bits per heavy atom. The number of halogens is 4. The molecule has 0 nitrogen and oxygen atoms in total. The van der Waals surface area contributed by atoms with E-state index in [4.69, 9.17) is 0 Å². The summed E-state index contributed by atoms with van der Waals surface area (Å²) >= 11 is 0. The second kappa shape index (κ2) is 3.34. The second-order valence-electron chi connectivity index (χ2n) is 4.32. The Kier molecular flexibility index (Phi) is 2.09. The SMILES string of the molecule is FC1(F)C=Cc2cc3ccccc3cc2C1(F)F. The molecule has 18 heavy (non-hydrogen) atoms. The zero-order valence-corrected chi connectivity index (χ0v) is 9.13. The molecule has 0 aromatic heterocycles. The van der Waals surface area contributed by atoms with Crippen molar-refractivity contribution in [1.29, 1.82) is 0 Å². The summed E-state index contributed by atoms with van der Waals surface area (Å²) < 4.78 is 53.9. The van der Waals surface area contributed by atoms with Gasteiger partial charge in [0.1, 0.15) is 0 Å². The van der Waals surface area contributed by atoms with Crippen molar-refractivity contribution < 1.29 is 17.6 Å². The number of hydrogen-bond donors (Lipinski definition) is 0. The summed E-state index contributed by atoms with van der Waals surface area (Å²) in [5.41, 5.74) is -0.474. The summed E-state index contributed by atoms with van der Waals surface area (Å²) in [6.45, 7) is 0. The molecule has 2 aromatic carbocycles. The van der Waals surface area contributed by atoms with Crippen LogP contribution in [0.1, 0.15) is 11.1 Å². The Morgan fingerprint density at radius 3 is 2.11 bits per heavy atom. The maximum Gasteiger partial charge on any atom is 0.339 e. The molecule has 0 saturated heterocycles. The largest absolute Gasteiger partial charge is 0.339 e. The minimum Gasteiger partial charge on any atom is -0.195 e. The predicted molar refractivity (Wildman–Crippen MR) is 61.8 cm³/mol. The number of alkyl halides is 4. The molecule has 0 atom stereocenters. The first-order valence-corrected chi connectivity index (χ1v) is 5.40. The van der Waals surface area contributed by atoms with E-state index < -0.39 is 17.4 Å². The van der Waals surface area contributed by atoms with Gasteiger partial charge in [0.05, 0.1) is 0 Å². The van der Waals surface area contributed by atoms with Gasteiger partial charge in [-0.05, 0) is 34.5 Å². The third-order valence-electron chi connectivity index (χ3n) is 3.15. The van der Waals surface area contributed by atoms with Gasteiger partial charge in [-0.15, -0.1) is 0 Å². The molecule has 2 aromatic rings. The van der Waals surface area contributed by atoms with E-state index in [1.54, 1.807) is 24.3 Å². The summed E-state index contributed by atoms with van der Waals surface area (Å²) in [4.78, 5) is 0. The summed E-state index contributed by atoms with van der Waals surface area (Å²) in [5.74, 6) is -8.30. The highest BCUT2D eigenvalue weighted by atomic mass is 19.3. The fraction of sp³-hybridized carbons (Fsp3) is 0.143. The molecule has 0 bridgehead atoms. The molecule has 0 fully saturated rings. The van der Waals surface area contributed by atoms with Crippen molar-refractivity contribution in [2.24, 2.45) is 0 Å². The van der Waals surface area contributed by atoms with Gasteiger partial charge in [-0.25, -0.2) is 0 Å². The fourth-order valence-electron chi connectivity index (χ4n) is 2.15. The molecule has 0 aliphatic heterocycles. The fourth-order valence-corrected chi connectivity index (χ4v) is 2.15. The average Bonchev–Trinajstić information content (AvgIpc) is 2.33. The van der Waals surface area contributed by atoms with Crippen molar-refractivity contribution in [3.63, 3.8) is 0 Å². The summed E-state index contributed by atoms with van der Waals surface area (Å²) in [6.07, 6.45) is 1.32. The third-order valence-corrected chi connectivity index (χ3v) is 3.15. The van der Waals surface area contributed by atoms with Crippen LogP contribution in [0.15, 0.2) is 42.5 Å². The van der Waals surface area contributed by atoms with Gasteiger partial charge in [0.15, 0.2) is 0 Å². The highest BCUT2D eigenvalue weighted by molar-refractivity contribution is 5.87. The molecule has 0 saturated carbocycles. The van der Waals surface area contributed by atoms with Crippen LogP contribution in [-0.2, 0) is 5.92 Å². The normalized spacial score (nSPS) is 19.8. The van der Waals surface area contributed by atoms with Gasteiger partial charge in [-0.3, -0.25) is 0 Å². The van der Waals surface area contributed by atoms with Gasteiger partial charge in [0.2, 0.25) is 0 Å². The molecule has 0 spiro atoms. The minimum absolute atomic E-state index is 0.143. The molecule has 0 amide bonds. The second-order valence-corrected chi connectivity index (χ2v) is 4.32. The van der Waals surface area contributed by atoms with Crippen molar-refractivity contribution in [3.8, 4) is 0 Å². The van der Waals surface area contributed by atoms with E-state index in [1.807, 2.05) is 0 Å². The highest BCUT2D eigenvalue weighted by Gasteiger charge is 2.58. The van der Waals surface area contributed by atoms with E-state index in [0.717, 1.165) is 17.5 Å². The van der Waals surface area contributed by atoms with E-state index in [0.29, 0.717) is 5.39 Å². The molecule has 0 radical (unpaired) electrons. The highest BCUT2D eigenvalue weighted by Crippen LogP contribution is 2.49. The lowest BCUT2D eigenvalue weighted by atomic mass is 9.89. The van der Waals surface area contributed by atoms with Gasteiger partial charge >= 0.3 is 11.8 Å². The van der Waals surface area contributed by atoms with Crippen LogP contribution in [0.2, 0.25) is 0 Å². The molecule has 3 rings (SSSR count). The zero-order chi connectivity index (χ0) is 13.0. The summed E-state index contributed by atoms with van der Waals surface area (Å²) in [5, 5.41) is 1.28. The smallest absolute Gasteiger partial charge is 0.195 e. The molecule has 0 heterocycles. The molecule has 4 heteroatoms. The number of allylic oxidation sites excluding steroid dienone is 1. The summed E-state index contributed by atoms with van der Waals surface area (Å²) in [7, 11) is 0. The Morgan fingerprint density at radius 2 is 1.44 bits per heavy atom. The van der Waals surface area contributed by atoms with E-state index >= 15 is 0 Å². The lowest BCUT2D eigenvalue weighted by Gasteiger charge is -2.29. The van der Waals surface area contributed by atoms with Crippen LogP contribution in [0.5, 0.6) is 0 Å². The van der Waals surface area contributed by atoms with E-state index in [9.17, 15) is 17.6 Å². The van der Waals surface area contributed by atoms with Crippen LogP contribution in [0.3, 0.4) is 0 Å². The van der Waals surface area contributed by atoms with Crippen LogP contribution < -0.4 is 0 Å². The molecule has 1 aliphatic rings. The maximum atomic E-state index is 13.7. The van der Waals surface area contributed by atoms with Crippen LogP contribution in [-0.4, -0.2) is 5.92 Å².